The number of amides is 1. The molecule has 1 saturated heterocycles. The molecule has 0 saturated carbocycles. The summed E-state index contributed by atoms with van der Waals surface area (Å²) in [7, 11) is -5.37. The lowest BCUT2D eigenvalue weighted by Gasteiger charge is -2.50. The number of aromatic nitrogens is 1. The van der Waals surface area contributed by atoms with Crippen molar-refractivity contribution < 1.29 is 48.4 Å². The Morgan fingerprint density at radius 3 is 2.82 bits per heavy atom. The van der Waals surface area contributed by atoms with Crippen molar-refractivity contribution in [1.29, 1.82) is 0 Å². The number of oxime groups is 1. The number of carboxylic acids is 1. The highest BCUT2D eigenvalue weighted by molar-refractivity contribution is 7.80. The molecule has 1 aromatic heterocycles. The number of Topliss-reactive ketones (excluding diaryl/α,β-unsaturated/α-hetero) is 1. The number of nitrogen functional groups attached to an aromatic ring is 1. The van der Waals surface area contributed by atoms with E-state index in [2.05, 4.69) is 19.3 Å². The van der Waals surface area contributed by atoms with Crippen molar-refractivity contribution in [2.24, 2.45) is 11.0 Å². The maximum Gasteiger partial charge on any atom is 0.418 e. The van der Waals surface area contributed by atoms with Crippen LogP contribution in [0.15, 0.2) is 10.5 Å². The van der Waals surface area contributed by atoms with E-state index in [1.54, 1.807) is 0 Å². The summed E-state index contributed by atoms with van der Waals surface area (Å²) in [6, 6.07) is 0. The molecule has 154 valence electrons. The zero-order valence-electron chi connectivity index (χ0n) is 18.8. The van der Waals surface area contributed by atoms with E-state index in [1.807, 2.05) is 0 Å². The monoisotopic (exact) mass is 441 g/mol. The summed E-state index contributed by atoms with van der Waals surface area (Å²) in [5.74, 6) is -7.45. The van der Waals surface area contributed by atoms with Crippen LogP contribution in [-0.4, -0.2) is 63.6 Å². The first-order valence-electron chi connectivity index (χ1n) is 9.58. The highest BCUT2D eigenvalue weighted by Crippen LogP contribution is 2.40. The molecule has 0 radical (unpaired) electrons. The molecule has 4 N–H and O–H groups in total. The predicted molar refractivity (Wildman–Crippen MR) is 93.3 cm³/mol. The van der Waals surface area contributed by atoms with Gasteiger partial charge in [0.25, 0.3) is 5.91 Å². The Labute approximate surface area is 169 Å². The molecule has 13 nitrogen and oxygen atoms in total. The van der Waals surface area contributed by atoms with E-state index < -0.39 is 65.1 Å². The van der Waals surface area contributed by atoms with Gasteiger partial charge in [0.2, 0.25) is 6.58 Å². The molecule has 1 fully saturated rings. The molecule has 0 spiro atoms. The number of carbonyl (C=O) groups excluding carboxylic acids is 2. The van der Waals surface area contributed by atoms with E-state index in [0.29, 0.717) is 0 Å². The number of carbonyl (C=O) groups is 3. The fraction of sp³-hybridized carbons (Fsp3) is 0.462. The number of hydrogen-bond donors (Lipinski definition) is 3. The molecule has 1 aliphatic heterocycles. The van der Waals surface area contributed by atoms with Gasteiger partial charge in [-0.3, -0.25) is 14.1 Å². The molecule has 2 rings (SSSR count). The van der Waals surface area contributed by atoms with Gasteiger partial charge in [0.1, 0.15) is 5.69 Å². The second kappa shape index (κ2) is 7.78. The molecule has 1 aromatic rings. The first-order valence-corrected chi connectivity index (χ1v) is 9.25. The van der Waals surface area contributed by atoms with Crippen LogP contribution in [0, 0.1) is 5.89 Å². The molecule has 28 heavy (non-hydrogen) atoms. The van der Waals surface area contributed by atoms with Crippen molar-refractivity contribution in [1.82, 2.24) is 10.0 Å². The summed E-state index contributed by atoms with van der Waals surface area (Å²) < 4.78 is 73.5. The fourth-order valence-electron chi connectivity index (χ4n) is 2.06. The standard InChI is InChI=1S/C13H16N4O9S2/c1-13(2)6(11(21)17(13)26-28(22,23)24)3-8(18)10(16-25-4-9(19)20)7-5-27-12(14)15-7/h5-6H,3-4H2,1-2H3,(H2,14,15)(H,19,20)(H,22,23,24)/b16-10-/t6-/m1/s1/i1D3,4D,6D/t4-,6+,13-/m0. The normalized spacial score (nSPS) is 29.5. The van der Waals surface area contributed by atoms with E-state index in [1.165, 1.54) is 5.38 Å². The number of hydrogen-bond acceptors (Lipinski definition) is 11. The van der Waals surface area contributed by atoms with Gasteiger partial charge in [0.05, 0.1) is 12.8 Å². The van der Waals surface area contributed by atoms with Crippen LogP contribution in [0.2, 0.25) is 0 Å². The number of hydroxylamine groups is 2. The number of β-lactam (4-membered cyclic amide) rings is 1. The van der Waals surface area contributed by atoms with Gasteiger partial charge in [-0.1, -0.05) is 5.16 Å². The summed E-state index contributed by atoms with van der Waals surface area (Å²) in [6.45, 7) is -4.81. The maximum absolute atomic E-state index is 12.9. The number of anilines is 1. The van der Waals surface area contributed by atoms with Crippen molar-refractivity contribution >= 4 is 50.2 Å². The van der Waals surface area contributed by atoms with Crippen molar-refractivity contribution in [3.63, 3.8) is 0 Å². The van der Waals surface area contributed by atoms with E-state index in [-0.39, 0.29) is 15.9 Å². The Balaban J connectivity index is 2.47. The van der Waals surface area contributed by atoms with E-state index in [9.17, 15) is 22.8 Å². The average molecular weight is 441 g/mol. The summed E-state index contributed by atoms with van der Waals surface area (Å²) in [4.78, 5) is 44.3. The zero-order valence-corrected chi connectivity index (χ0v) is 15.5. The van der Waals surface area contributed by atoms with Crippen LogP contribution in [0.3, 0.4) is 0 Å². The van der Waals surface area contributed by atoms with Crippen molar-refractivity contribution in [2.45, 2.75) is 25.7 Å². The summed E-state index contributed by atoms with van der Waals surface area (Å²) in [5.41, 5.74) is 1.69. The number of aliphatic carboxylic acids is 1. The molecular weight excluding hydrogens is 420 g/mol. The van der Waals surface area contributed by atoms with Gasteiger partial charge in [0.15, 0.2) is 16.6 Å². The molecular formula is C13H16N4O9S2. The molecule has 15 heteroatoms. The zero-order chi connectivity index (χ0) is 25.6. The molecule has 2 heterocycles. The molecule has 0 bridgehead atoms. The number of rotatable bonds is 9. The second-order valence-corrected chi connectivity index (χ2v) is 7.22. The van der Waals surface area contributed by atoms with Crippen LogP contribution in [0.25, 0.3) is 0 Å². The molecule has 1 amide bonds. The van der Waals surface area contributed by atoms with Crippen LogP contribution < -0.4 is 5.73 Å². The number of thiazole rings is 1. The van der Waals surface area contributed by atoms with Crippen LogP contribution in [0.1, 0.15) is 32.7 Å². The van der Waals surface area contributed by atoms with Gasteiger partial charge in [0, 0.05) is 17.3 Å². The Morgan fingerprint density at radius 2 is 2.32 bits per heavy atom. The largest absolute Gasteiger partial charge is 0.479 e. The van der Waals surface area contributed by atoms with Gasteiger partial charge >= 0.3 is 16.4 Å². The number of nitrogens with zero attached hydrogens (tertiary/aromatic N) is 3. The summed E-state index contributed by atoms with van der Waals surface area (Å²) in [6.07, 6.45) is -1.23. The van der Waals surface area contributed by atoms with E-state index >= 15 is 0 Å². The molecule has 3 atom stereocenters. The van der Waals surface area contributed by atoms with E-state index in [0.717, 1.165) is 18.3 Å². The lowest BCUT2D eigenvalue weighted by atomic mass is 9.74. The van der Waals surface area contributed by atoms with Gasteiger partial charge in [-0.25, -0.2) is 9.78 Å². The highest BCUT2D eigenvalue weighted by atomic mass is 32.3. The lowest BCUT2D eigenvalue weighted by molar-refractivity contribution is -0.228. The minimum atomic E-state index is -5.37. The topological polar surface area (TPSA) is 199 Å². The molecule has 0 aromatic carbocycles. The maximum atomic E-state index is 12.9. The average Bonchev–Trinajstić information content (AvgIpc) is 3.09. The Hall–Kier alpha value is -2.62. The van der Waals surface area contributed by atoms with Crippen LogP contribution in [0.4, 0.5) is 5.13 Å². The Kier molecular flexibility index (Phi) is 4.26. The highest BCUT2D eigenvalue weighted by Gasteiger charge is 2.57. The molecule has 0 unspecified atom stereocenters. The summed E-state index contributed by atoms with van der Waals surface area (Å²) in [5, 5.41) is 12.9. The number of ketones is 1. The van der Waals surface area contributed by atoms with Gasteiger partial charge in [-0.15, -0.1) is 15.6 Å². The quantitative estimate of drug-likeness (QED) is 0.192. The van der Waals surface area contributed by atoms with Gasteiger partial charge < -0.3 is 15.7 Å². The SMILES string of the molecule is [2H][C@H](O/N=C(\C(=O)C[C@]1([2H])C(=O)N(OS(=O)(=O)O)[C@]1(C)C([2H])([2H])[2H])c1csc(N)n1)C(=O)O. The van der Waals surface area contributed by atoms with Crippen molar-refractivity contribution in [2.75, 3.05) is 12.3 Å². The minimum absolute atomic E-state index is 0.0634. The van der Waals surface area contributed by atoms with E-state index in [4.69, 9.17) is 22.2 Å². The molecule has 0 aliphatic carbocycles. The van der Waals surface area contributed by atoms with Crippen molar-refractivity contribution in [3.8, 4) is 0 Å². The summed E-state index contributed by atoms with van der Waals surface area (Å²) >= 11 is 0.828. The van der Waals surface area contributed by atoms with Gasteiger partial charge in [-0.05, 0) is 13.8 Å². The van der Waals surface area contributed by atoms with Gasteiger partial charge in [-0.2, -0.15) is 13.5 Å². The second-order valence-electron chi connectivity index (χ2n) is 5.32. The number of carboxylic acid groups (broad SMARTS) is 1. The minimum Gasteiger partial charge on any atom is -0.479 e. The Bertz CT molecular complexity index is 1120. The third kappa shape index (κ3) is 4.80. The predicted octanol–water partition coefficient (Wildman–Crippen LogP) is -0.539. The van der Waals surface area contributed by atoms with Crippen molar-refractivity contribution in [3.05, 3.63) is 11.1 Å². The van der Waals surface area contributed by atoms with Crippen LogP contribution >= 0.6 is 11.3 Å². The van der Waals surface area contributed by atoms with Crippen LogP contribution in [0.5, 0.6) is 0 Å². The lowest BCUT2D eigenvalue weighted by Crippen LogP contribution is -2.68. The Morgan fingerprint density at radius 1 is 1.64 bits per heavy atom. The first kappa shape index (κ1) is 15.3. The third-order valence-electron chi connectivity index (χ3n) is 3.27. The first-order chi connectivity index (χ1) is 14.8. The molecule has 1 aliphatic rings. The van der Waals surface area contributed by atoms with Crippen LogP contribution in [-0.2, 0) is 33.9 Å². The fourth-order valence-corrected chi connectivity index (χ4v) is 3.01. The third-order valence-corrected chi connectivity index (χ3v) is 4.28. The smallest absolute Gasteiger partial charge is 0.418 e. The number of nitrogens with two attached hydrogens (primary N) is 1.